The van der Waals surface area contributed by atoms with E-state index in [-0.39, 0.29) is 18.0 Å². The number of nitrogens with one attached hydrogen (secondary N) is 1. The number of hydrogen-bond acceptors (Lipinski definition) is 4. The lowest BCUT2D eigenvalue weighted by atomic mass is 10.1. The van der Waals surface area contributed by atoms with E-state index in [0.717, 1.165) is 16.8 Å². The lowest BCUT2D eigenvalue weighted by Gasteiger charge is -2.27. The third-order valence-corrected chi connectivity index (χ3v) is 4.93. The largest absolute Gasteiger partial charge is 0.462 e. The number of ether oxygens (including phenoxy) is 1. The molecule has 1 aliphatic rings. The molecule has 3 aromatic rings. The minimum atomic E-state index is -0.361. The maximum atomic E-state index is 13.1. The van der Waals surface area contributed by atoms with Gasteiger partial charge in [0.1, 0.15) is 6.17 Å². The summed E-state index contributed by atoms with van der Waals surface area (Å²) in [5.74, 6) is -0.372. The van der Waals surface area contributed by atoms with E-state index < -0.39 is 0 Å². The van der Waals surface area contributed by atoms with Crippen LogP contribution in [-0.2, 0) is 11.3 Å². The molecular formula is C24H22N2O3. The second-order valence-electron chi connectivity index (χ2n) is 6.85. The topological polar surface area (TPSA) is 58.6 Å². The molecule has 146 valence electrons. The summed E-state index contributed by atoms with van der Waals surface area (Å²) in [5, 5.41) is 3.43. The molecule has 1 N–H and O–H groups in total. The number of amides is 1. The van der Waals surface area contributed by atoms with Gasteiger partial charge in [-0.15, -0.1) is 0 Å². The molecule has 0 fully saturated rings. The molecule has 0 spiro atoms. The normalized spacial score (nSPS) is 15.1. The number of benzene rings is 3. The second-order valence-corrected chi connectivity index (χ2v) is 6.85. The standard InChI is InChI=1S/C24H22N2O3/c1-2-29-24(28)18-11-8-12-19(15-18)25-22-20-13-6-7-14-21(20)23(27)26(22)16-17-9-4-3-5-10-17/h3-15,22,25H,2,16H2,1H3. The lowest BCUT2D eigenvalue weighted by Crippen LogP contribution is -2.31. The van der Waals surface area contributed by atoms with Gasteiger partial charge < -0.3 is 15.0 Å². The van der Waals surface area contributed by atoms with Gasteiger partial charge in [0.25, 0.3) is 5.91 Å². The Labute approximate surface area is 169 Å². The third-order valence-electron chi connectivity index (χ3n) is 4.93. The van der Waals surface area contributed by atoms with Crippen LogP contribution in [0.15, 0.2) is 78.9 Å². The van der Waals surface area contributed by atoms with Crippen molar-refractivity contribution in [1.29, 1.82) is 0 Å². The number of esters is 1. The van der Waals surface area contributed by atoms with Gasteiger partial charge in [-0.1, -0.05) is 54.6 Å². The van der Waals surface area contributed by atoms with Gasteiger partial charge in [-0.2, -0.15) is 0 Å². The van der Waals surface area contributed by atoms with Gasteiger partial charge in [0.15, 0.2) is 0 Å². The molecule has 0 saturated heterocycles. The van der Waals surface area contributed by atoms with E-state index in [0.29, 0.717) is 24.3 Å². The first-order valence-corrected chi connectivity index (χ1v) is 9.65. The highest BCUT2D eigenvalue weighted by molar-refractivity contribution is 5.99. The van der Waals surface area contributed by atoms with Gasteiger partial charge in [0, 0.05) is 23.4 Å². The van der Waals surface area contributed by atoms with Crippen LogP contribution in [0.3, 0.4) is 0 Å². The predicted molar refractivity (Wildman–Crippen MR) is 112 cm³/mol. The zero-order valence-electron chi connectivity index (χ0n) is 16.2. The Morgan fingerprint density at radius 1 is 1.00 bits per heavy atom. The molecule has 0 radical (unpaired) electrons. The van der Waals surface area contributed by atoms with Crippen LogP contribution in [0, 0.1) is 0 Å². The lowest BCUT2D eigenvalue weighted by molar-refractivity contribution is 0.0526. The Morgan fingerprint density at radius 2 is 1.76 bits per heavy atom. The first-order valence-electron chi connectivity index (χ1n) is 9.65. The van der Waals surface area contributed by atoms with Crippen molar-refractivity contribution in [3.63, 3.8) is 0 Å². The minimum absolute atomic E-state index is 0.0106. The predicted octanol–water partition coefficient (Wildman–Crippen LogP) is 4.63. The van der Waals surface area contributed by atoms with Crippen molar-refractivity contribution in [3.8, 4) is 0 Å². The summed E-state index contributed by atoms with van der Waals surface area (Å²) >= 11 is 0. The Morgan fingerprint density at radius 3 is 2.55 bits per heavy atom. The van der Waals surface area contributed by atoms with E-state index in [2.05, 4.69) is 5.32 Å². The van der Waals surface area contributed by atoms with E-state index >= 15 is 0 Å². The molecule has 29 heavy (non-hydrogen) atoms. The summed E-state index contributed by atoms with van der Waals surface area (Å²) in [6.45, 7) is 2.60. The summed E-state index contributed by atoms with van der Waals surface area (Å²) in [5.41, 5.74) is 3.91. The Hall–Kier alpha value is -3.60. The number of nitrogens with zero attached hydrogens (tertiary/aromatic N) is 1. The number of anilines is 1. The average molecular weight is 386 g/mol. The first-order chi connectivity index (χ1) is 14.2. The van der Waals surface area contributed by atoms with Gasteiger partial charge in [-0.3, -0.25) is 4.79 Å². The van der Waals surface area contributed by atoms with Gasteiger partial charge >= 0.3 is 5.97 Å². The van der Waals surface area contributed by atoms with Gasteiger partial charge in [-0.25, -0.2) is 4.79 Å². The molecule has 0 aliphatic carbocycles. The van der Waals surface area contributed by atoms with Crippen LogP contribution in [0.4, 0.5) is 5.69 Å². The fourth-order valence-corrected chi connectivity index (χ4v) is 3.58. The van der Waals surface area contributed by atoms with Crippen LogP contribution >= 0.6 is 0 Å². The molecule has 0 bridgehead atoms. The number of carbonyl (C=O) groups excluding carboxylic acids is 2. The van der Waals surface area contributed by atoms with Crippen molar-refractivity contribution in [3.05, 3.63) is 101 Å². The maximum Gasteiger partial charge on any atom is 0.338 e. The van der Waals surface area contributed by atoms with E-state index in [1.54, 1.807) is 25.1 Å². The van der Waals surface area contributed by atoms with Crippen molar-refractivity contribution in [2.24, 2.45) is 0 Å². The van der Waals surface area contributed by atoms with Crippen molar-refractivity contribution in [2.75, 3.05) is 11.9 Å². The van der Waals surface area contributed by atoms with Crippen LogP contribution < -0.4 is 5.32 Å². The quantitative estimate of drug-likeness (QED) is 0.628. The zero-order valence-corrected chi connectivity index (χ0v) is 16.2. The zero-order chi connectivity index (χ0) is 20.2. The van der Waals surface area contributed by atoms with Gasteiger partial charge in [0.2, 0.25) is 0 Å². The highest BCUT2D eigenvalue weighted by Crippen LogP contribution is 2.35. The van der Waals surface area contributed by atoms with E-state index in [1.165, 1.54) is 0 Å². The molecule has 1 amide bonds. The van der Waals surface area contributed by atoms with E-state index in [4.69, 9.17) is 4.74 Å². The Bertz CT molecular complexity index is 1030. The third kappa shape index (κ3) is 3.85. The summed E-state index contributed by atoms with van der Waals surface area (Å²) in [7, 11) is 0. The molecule has 0 aromatic heterocycles. The maximum absolute atomic E-state index is 13.1. The van der Waals surface area contributed by atoms with E-state index in [1.807, 2.05) is 65.6 Å². The van der Waals surface area contributed by atoms with Crippen molar-refractivity contribution in [1.82, 2.24) is 4.90 Å². The van der Waals surface area contributed by atoms with Gasteiger partial charge in [0.05, 0.1) is 12.2 Å². The van der Waals surface area contributed by atoms with Crippen molar-refractivity contribution in [2.45, 2.75) is 19.6 Å². The molecule has 5 nitrogen and oxygen atoms in total. The molecule has 1 aliphatic heterocycles. The highest BCUT2D eigenvalue weighted by atomic mass is 16.5. The molecule has 1 heterocycles. The SMILES string of the molecule is CCOC(=O)c1cccc(NC2c3ccccc3C(=O)N2Cc2ccccc2)c1. The fraction of sp³-hybridized carbons (Fsp3) is 0.167. The molecule has 5 heteroatoms. The number of rotatable bonds is 6. The highest BCUT2D eigenvalue weighted by Gasteiger charge is 2.36. The first kappa shape index (κ1) is 18.7. The number of hydrogen-bond donors (Lipinski definition) is 1. The van der Waals surface area contributed by atoms with E-state index in [9.17, 15) is 9.59 Å². The smallest absolute Gasteiger partial charge is 0.338 e. The van der Waals surface area contributed by atoms with Crippen LogP contribution in [0.25, 0.3) is 0 Å². The fourth-order valence-electron chi connectivity index (χ4n) is 3.58. The molecule has 4 rings (SSSR count). The Balaban J connectivity index is 1.65. The average Bonchev–Trinajstić information content (AvgIpc) is 3.01. The minimum Gasteiger partial charge on any atom is -0.462 e. The monoisotopic (exact) mass is 386 g/mol. The number of fused-ring (bicyclic) bond motifs is 1. The van der Waals surface area contributed by atoms with Gasteiger partial charge in [-0.05, 0) is 36.8 Å². The molecular weight excluding hydrogens is 364 g/mol. The van der Waals surface area contributed by atoms with Crippen LogP contribution in [0.2, 0.25) is 0 Å². The molecule has 0 saturated carbocycles. The van der Waals surface area contributed by atoms with Crippen LogP contribution in [-0.4, -0.2) is 23.4 Å². The molecule has 1 unspecified atom stereocenters. The summed E-state index contributed by atoms with van der Waals surface area (Å²) < 4.78 is 5.10. The van der Waals surface area contributed by atoms with Crippen molar-refractivity contribution < 1.29 is 14.3 Å². The summed E-state index contributed by atoms with van der Waals surface area (Å²) in [6.07, 6.45) is -0.323. The summed E-state index contributed by atoms with van der Waals surface area (Å²) in [4.78, 5) is 27.0. The number of carbonyl (C=O) groups is 2. The van der Waals surface area contributed by atoms with Crippen molar-refractivity contribution >= 4 is 17.6 Å². The molecule has 3 aromatic carbocycles. The van der Waals surface area contributed by atoms with Crippen LogP contribution in [0.5, 0.6) is 0 Å². The second kappa shape index (κ2) is 8.19. The van der Waals surface area contributed by atoms with Crippen LogP contribution in [0.1, 0.15) is 44.9 Å². The Kier molecular flexibility index (Phi) is 5.29. The molecule has 1 atom stereocenters. The summed E-state index contributed by atoms with van der Waals surface area (Å²) in [6, 6.07) is 24.7.